The van der Waals surface area contributed by atoms with E-state index in [1.54, 1.807) is 0 Å². The van der Waals surface area contributed by atoms with Crippen LogP contribution in [0.5, 0.6) is 0 Å². The number of thiol groups is 1. The van der Waals surface area contributed by atoms with Crippen LogP contribution in [0.3, 0.4) is 0 Å². The lowest BCUT2D eigenvalue weighted by Crippen LogP contribution is -2.36. The number of likely N-dealkylation sites (tertiary alicyclic amines) is 1. The van der Waals surface area contributed by atoms with Crippen LogP contribution in [0.4, 0.5) is 0 Å². The zero-order chi connectivity index (χ0) is 13.0. The van der Waals surface area contributed by atoms with Crippen molar-refractivity contribution < 1.29 is 0 Å². The van der Waals surface area contributed by atoms with E-state index in [1.807, 2.05) is 11.3 Å². The summed E-state index contributed by atoms with van der Waals surface area (Å²) in [6, 6.07) is 0.719. The fraction of sp³-hybridized carbons (Fsp3) is 0.786. The van der Waals surface area contributed by atoms with Crippen molar-refractivity contribution in [1.29, 1.82) is 0 Å². The van der Waals surface area contributed by atoms with Gasteiger partial charge in [0.1, 0.15) is 5.01 Å². The van der Waals surface area contributed by atoms with E-state index < -0.39 is 0 Å². The third kappa shape index (κ3) is 3.49. The van der Waals surface area contributed by atoms with E-state index in [0.717, 1.165) is 24.8 Å². The Morgan fingerprint density at radius 2 is 2.28 bits per heavy atom. The van der Waals surface area contributed by atoms with Crippen molar-refractivity contribution >= 4 is 24.0 Å². The highest BCUT2D eigenvalue weighted by Gasteiger charge is 2.20. The summed E-state index contributed by atoms with van der Waals surface area (Å²) in [5.41, 5.74) is 1.29. The van der Waals surface area contributed by atoms with Crippen molar-refractivity contribution in [3.05, 3.63) is 15.6 Å². The third-order valence-electron chi connectivity index (χ3n) is 3.73. The molecule has 2 nitrogen and oxygen atoms in total. The molecule has 4 heteroatoms. The molecule has 18 heavy (non-hydrogen) atoms. The fourth-order valence-electron chi connectivity index (χ4n) is 2.63. The first kappa shape index (κ1) is 14.4. The van der Waals surface area contributed by atoms with E-state index in [9.17, 15) is 0 Å². The average Bonchev–Trinajstić information content (AvgIpc) is 2.75. The third-order valence-corrected chi connectivity index (χ3v) is 5.34. The number of nitrogens with zero attached hydrogens (tertiary/aromatic N) is 2. The predicted molar refractivity (Wildman–Crippen MR) is 82.5 cm³/mol. The van der Waals surface area contributed by atoms with Gasteiger partial charge in [-0.1, -0.05) is 19.8 Å². The van der Waals surface area contributed by atoms with E-state index in [4.69, 9.17) is 4.98 Å². The van der Waals surface area contributed by atoms with Crippen LogP contribution < -0.4 is 0 Å². The summed E-state index contributed by atoms with van der Waals surface area (Å²) in [7, 11) is 0. The molecule has 0 radical (unpaired) electrons. The van der Waals surface area contributed by atoms with Crippen LogP contribution in [-0.4, -0.2) is 22.5 Å². The number of piperidine rings is 1. The molecular weight excluding hydrogens is 260 g/mol. The van der Waals surface area contributed by atoms with Gasteiger partial charge in [0.2, 0.25) is 0 Å². The molecule has 1 atom stereocenters. The molecule has 1 aromatic rings. The number of thiazole rings is 1. The van der Waals surface area contributed by atoms with Crippen LogP contribution in [0, 0.1) is 0 Å². The molecule has 0 spiro atoms. The number of rotatable bonds is 5. The molecule has 0 bridgehead atoms. The van der Waals surface area contributed by atoms with Gasteiger partial charge >= 0.3 is 0 Å². The highest BCUT2D eigenvalue weighted by molar-refractivity contribution is 7.79. The SMILES string of the molecule is CCCc1nc(CN2CCCCC2C)sc1CS. The smallest absolute Gasteiger partial charge is 0.107 e. The Bertz CT molecular complexity index is 376. The normalized spacial score (nSPS) is 21.4. The number of hydrogen-bond donors (Lipinski definition) is 1. The first-order chi connectivity index (χ1) is 8.74. The van der Waals surface area contributed by atoms with Crippen LogP contribution in [0.2, 0.25) is 0 Å². The average molecular weight is 284 g/mol. The molecule has 0 N–H and O–H groups in total. The van der Waals surface area contributed by atoms with Crippen molar-refractivity contribution in [3.63, 3.8) is 0 Å². The van der Waals surface area contributed by atoms with Gasteiger partial charge in [0.15, 0.2) is 0 Å². The first-order valence-corrected chi connectivity index (χ1v) is 8.51. The summed E-state index contributed by atoms with van der Waals surface area (Å²) >= 11 is 6.29. The maximum Gasteiger partial charge on any atom is 0.107 e. The molecule has 0 aliphatic carbocycles. The van der Waals surface area contributed by atoms with E-state index in [0.29, 0.717) is 0 Å². The highest BCUT2D eigenvalue weighted by atomic mass is 32.1. The van der Waals surface area contributed by atoms with Gasteiger partial charge in [-0.15, -0.1) is 11.3 Å². The van der Waals surface area contributed by atoms with Crippen LogP contribution in [0.25, 0.3) is 0 Å². The highest BCUT2D eigenvalue weighted by Crippen LogP contribution is 2.25. The van der Waals surface area contributed by atoms with Gasteiger partial charge in [0.05, 0.1) is 12.2 Å². The van der Waals surface area contributed by atoms with Crippen LogP contribution in [0.1, 0.15) is 55.1 Å². The maximum atomic E-state index is 4.83. The molecule has 1 fully saturated rings. The molecule has 1 aliphatic rings. The van der Waals surface area contributed by atoms with E-state index in [-0.39, 0.29) is 0 Å². The summed E-state index contributed by atoms with van der Waals surface area (Å²) in [6.07, 6.45) is 6.34. The van der Waals surface area contributed by atoms with Crippen LogP contribution in [-0.2, 0) is 18.7 Å². The lowest BCUT2D eigenvalue weighted by Gasteiger charge is -2.32. The molecule has 1 aromatic heterocycles. The number of aryl methyl sites for hydroxylation is 1. The largest absolute Gasteiger partial charge is 0.294 e. The Balaban J connectivity index is 2.04. The van der Waals surface area contributed by atoms with E-state index in [2.05, 4.69) is 31.4 Å². The molecule has 2 heterocycles. The summed E-state index contributed by atoms with van der Waals surface area (Å²) in [5, 5.41) is 1.29. The summed E-state index contributed by atoms with van der Waals surface area (Å²) in [6.45, 7) is 6.84. The molecule has 0 aromatic carbocycles. The summed E-state index contributed by atoms with van der Waals surface area (Å²) < 4.78 is 0. The first-order valence-electron chi connectivity index (χ1n) is 7.07. The minimum Gasteiger partial charge on any atom is -0.294 e. The molecule has 102 valence electrons. The molecule has 0 amide bonds. The van der Waals surface area contributed by atoms with Crippen molar-refractivity contribution in [2.45, 2.75) is 64.3 Å². The van der Waals surface area contributed by atoms with Crippen molar-refractivity contribution in [2.24, 2.45) is 0 Å². The predicted octanol–water partition coefficient (Wildman–Crippen LogP) is 3.90. The zero-order valence-electron chi connectivity index (χ0n) is 11.5. The Morgan fingerprint density at radius 3 is 2.94 bits per heavy atom. The quantitative estimate of drug-likeness (QED) is 0.826. The molecule has 1 saturated heterocycles. The van der Waals surface area contributed by atoms with Gasteiger partial charge in [0, 0.05) is 16.7 Å². The van der Waals surface area contributed by atoms with Gasteiger partial charge in [-0.3, -0.25) is 4.90 Å². The van der Waals surface area contributed by atoms with Gasteiger partial charge in [0.25, 0.3) is 0 Å². The number of hydrogen-bond acceptors (Lipinski definition) is 4. The molecule has 1 aliphatic heterocycles. The molecular formula is C14H24N2S2. The lowest BCUT2D eigenvalue weighted by atomic mass is 10.0. The second-order valence-corrected chi connectivity index (χ2v) is 6.69. The van der Waals surface area contributed by atoms with Gasteiger partial charge < -0.3 is 0 Å². The second kappa shape index (κ2) is 6.92. The van der Waals surface area contributed by atoms with Crippen molar-refractivity contribution in [3.8, 4) is 0 Å². The molecule has 2 rings (SSSR count). The van der Waals surface area contributed by atoms with Crippen LogP contribution >= 0.6 is 24.0 Å². The second-order valence-electron chi connectivity index (χ2n) is 5.20. The van der Waals surface area contributed by atoms with Crippen LogP contribution in [0.15, 0.2) is 0 Å². The van der Waals surface area contributed by atoms with Crippen molar-refractivity contribution in [1.82, 2.24) is 9.88 Å². The summed E-state index contributed by atoms with van der Waals surface area (Å²) in [4.78, 5) is 8.79. The number of aromatic nitrogens is 1. The van der Waals surface area contributed by atoms with Gasteiger partial charge in [-0.05, 0) is 32.7 Å². The maximum absolute atomic E-state index is 4.83. The van der Waals surface area contributed by atoms with Gasteiger partial charge in [-0.25, -0.2) is 4.98 Å². The monoisotopic (exact) mass is 284 g/mol. The standard InChI is InChI=1S/C14H24N2S2/c1-3-6-12-13(10-17)18-14(15-12)9-16-8-5-4-7-11(16)2/h11,17H,3-10H2,1-2H3. The summed E-state index contributed by atoms with van der Waals surface area (Å²) in [5.74, 6) is 0.836. The minimum atomic E-state index is 0.719. The Labute approximate surface area is 120 Å². The zero-order valence-corrected chi connectivity index (χ0v) is 13.2. The molecule has 1 unspecified atom stereocenters. The van der Waals surface area contributed by atoms with E-state index in [1.165, 1.54) is 47.8 Å². The minimum absolute atomic E-state index is 0.719. The topological polar surface area (TPSA) is 16.1 Å². The Hall–Kier alpha value is -0.0600. The van der Waals surface area contributed by atoms with Crippen molar-refractivity contribution in [2.75, 3.05) is 6.54 Å². The Kier molecular flexibility index (Phi) is 5.52. The molecule has 0 saturated carbocycles. The lowest BCUT2D eigenvalue weighted by molar-refractivity contribution is 0.152. The van der Waals surface area contributed by atoms with E-state index >= 15 is 0 Å². The Morgan fingerprint density at radius 1 is 1.44 bits per heavy atom. The van der Waals surface area contributed by atoms with Gasteiger partial charge in [-0.2, -0.15) is 12.6 Å². The fourth-order valence-corrected chi connectivity index (χ4v) is 4.00.